The summed E-state index contributed by atoms with van der Waals surface area (Å²) in [7, 11) is 0. The number of carboxylic acid groups (broad SMARTS) is 1. The molecule has 218 valence electrons. The maximum Gasteiger partial charge on any atom is 0.322 e. The lowest BCUT2D eigenvalue weighted by molar-refractivity contribution is -0.150. The molecule has 0 radical (unpaired) electrons. The summed E-state index contributed by atoms with van der Waals surface area (Å²) in [6.45, 7) is 14.5. The van der Waals surface area contributed by atoms with Gasteiger partial charge in [-0.15, -0.1) is 0 Å². The van der Waals surface area contributed by atoms with Gasteiger partial charge in [0.05, 0.1) is 12.3 Å². The van der Waals surface area contributed by atoms with Gasteiger partial charge < -0.3 is 15.2 Å². The molecule has 1 fully saturated rings. The van der Waals surface area contributed by atoms with Crippen molar-refractivity contribution in [1.82, 2.24) is 20.7 Å². The number of aromatic nitrogens is 1. The molecule has 2 amide bonds. The molecule has 0 aliphatic carbocycles. The van der Waals surface area contributed by atoms with Crippen LogP contribution < -0.4 is 10.7 Å². The highest BCUT2D eigenvalue weighted by Crippen LogP contribution is 2.24. The SMILES string of the molecule is CC(NC(=O)C(OCC(C)(C)C=Cc1cc2cc(C(C)C)ccc2cn1)C(C)C)C(=O)N1CCCC(C(=O)O)N1. The van der Waals surface area contributed by atoms with Crippen LogP contribution in [0.5, 0.6) is 0 Å². The second-order valence-corrected chi connectivity index (χ2v) is 12.1. The molecule has 3 atom stereocenters. The lowest BCUT2D eigenvalue weighted by Crippen LogP contribution is -2.60. The molecule has 9 nitrogen and oxygen atoms in total. The number of ether oxygens (including phenoxy) is 1. The van der Waals surface area contributed by atoms with E-state index in [0.717, 1.165) is 16.5 Å². The van der Waals surface area contributed by atoms with Crippen molar-refractivity contribution in [3.63, 3.8) is 0 Å². The third-order valence-corrected chi connectivity index (χ3v) is 7.12. The second-order valence-electron chi connectivity index (χ2n) is 12.1. The molecule has 1 saturated heterocycles. The Labute approximate surface area is 237 Å². The first-order chi connectivity index (χ1) is 18.8. The highest BCUT2D eigenvalue weighted by molar-refractivity contribution is 5.89. The Morgan fingerprint density at radius 3 is 2.55 bits per heavy atom. The predicted octanol–water partition coefficient (Wildman–Crippen LogP) is 4.52. The van der Waals surface area contributed by atoms with Gasteiger partial charge in [0.25, 0.3) is 5.91 Å². The first-order valence-electron chi connectivity index (χ1n) is 14.1. The van der Waals surface area contributed by atoms with Crippen molar-refractivity contribution >= 4 is 34.6 Å². The number of nitrogens with one attached hydrogen (secondary N) is 2. The Hall–Kier alpha value is -3.30. The summed E-state index contributed by atoms with van der Waals surface area (Å²) < 4.78 is 6.10. The Morgan fingerprint density at radius 2 is 1.90 bits per heavy atom. The van der Waals surface area contributed by atoms with Gasteiger partial charge in [0, 0.05) is 23.5 Å². The largest absolute Gasteiger partial charge is 0.480 e. The minimum atomic E-state index is -1.00. The Kier molecular flexibility index (Phi) is 10.4. The number of fused-ring (bicyclic) bond motifs is 1. The molecule has 0 spiro atoms. The lowest BCUT2D eigenvalue weighted by atomic mass is 9.93. The summed E-state index contributed by atoms with van der Waals surface area (Å²) in [6.07, 6.45) is 6.17. The van der Waals surface area contributed by atoms with Gasteiger partial charge in [0.15, 0.2) is 0 Å². The van der Waals surface area contributed by atoms with Crippen LogP contribution in [-0.4, -0.2) is 64.2 Å². The van der Waals surface area contributed by atoms with Gasteiger partial charge in [-0.05, 0) is 54.7 Å². The molecule has 3 N–H and O–H groups in total. The van der Waals surface area contributed by atoms with Gasteiger partial charge in [0.2, 0.25) is 5.91 Å². The van der Waals surface area contributed by atoms with Crippen LogP contribution in [0, 0.1) is 11.3 Å². The van der Waals surface area contributed by atoms with Gasteiger partial charge in [-0.2, -0.15) is 0 Å². The number of nitrogens with zero attached hydrogens (tertiary/aromatic N) is 2. The fourth-order valence-electron chi connectivity index (χ4n) is 4.58. The topological polar surface area (TPSA) is 121 Å². The number of carbonyl (C=O) groups is 3. The highest BCUT2D eigenvalue weighted by Gasteiger charge is 2.32. The number of benzene rings is 1. The predicted molar refractivity (Wildman–Crippen MR) is 156 cm³/mol. The number of amides is 2. The highest BCUT2D eigenvalue weighted by atomic mass is 16.5. The zero-order valence-electron chi connectivity index (χ0n) is 24.7. The van der Waals surface area contributed by atoms with Gasteiger partial charge in [-0.25, -0.2) is 5.43 Å². The molecule has 2 heterocycles. The van der Waals surface area contributed by atoms with E-state index in [1.165, 1.54) is 10.6 Å². The summed E-state index contributed by atoms with van der Waals surface area (Å²) in [5.41, 5.74) is 4.49. The zero-order valence-corrected chi connectivity index (χ0v) is 24.7. The molecule has 1 aliphatic rings. The fourth-order valence-corrected chi connectivity index (χ4v) is 4.58. The molecule has 2 aromatic rings. The third kappa shape index (κ3) is 8.35. The van der Waals surface area contributed by atoms with Crippen LogP contribution in [0.3, 0.4) is 0 Å². The van der Waals surface area contributed by atoms with Crippen molar-refractivity contribution in [2.45, 2.75) is 85.4 Å². The minimum Gasteiger partial charge on any atom is -0.480 e. The van der Waals surface area contributed by atoms with E-state index in [1.807, 2.05) is 46.0 Å². The molecular weight excluding hydrogens is 508 g/mol. The van der Waals surface area contributed by atoms with Crippen molar-refractivity contribution in [3.8, 4) is 0 Å². The molecule has 40 heavy (non-hydrogen) atoms. The van der Waals surface area contributed by atoms with Gasteiger partial charge in [-0.3, -0.25) is 24.4 Å². The first-order valence-corrected chi connectivity index (χ1v) is 14.1. The normalized spacial score (nSPS) is 17.9. The van der Waals surface area contributed by atoms with Crippen LogP contribution in [-0.2, 0) is 19.1 Å². The molecule has 1 aliphatic heterocycles. The van der Waals surface area contributed by atoms with Crippen molar-refractivity contribution < 1.29 is 24.2 Å². The van der Waals surface area contributed by atoms with Crippen LogP contribution in [0.1, 0.15) is 78.5 Å². The Morgan fingerprint density at radius 1 is 1.18 bits per heavy atom. The van der Waals surface area contributed by atoms with Crippen LogP contribution in [0.2, 0.25) is 0 Å². The van der Waals surface area contributed by atoms with Crippen LogP contribution in [0.4, 0.5) is 0 Å². The minimum absolute atomic E-state index is 0.121. The maximum atomic E-state index is 13.1. The van der Waals surface area contributed by atoms with Crippen molar-refractivity contribution in [2.24, 2.45) is 11.3 Å². The molecule has 3 unspecified atom stereocenters. The standard InChI is InChI=1S/C31H44N4O5/c1-19(2)22-10-11-23-17-32-25(16-24(23)15-22)12-13-31(6,7)18-40-27(20(3)4)28(36)33-21(5)29(37)35-14-8-9-26(34-35)30(38)39/h10-13,15-17,19-21,26-27,34H,8-9,14,18H2,1-7H3,(H,33,36)(H,38,39). The maximum absolute atomic E-state index is 13.1. The van der Waals surface area contributed by atoms with Crippen LogP contribution in [0.15, 0.2) is 36.5 Å². The van der Waals surface area contributed by atoms with Gasteiger partial charge in [-0.1, -0.05) is 65.8 Å². The van der Waals surface area contributed by atoms with E-state index in [2.05, 4.69) is 53.8 Å². The molecule has 9 heteroatoms. The molecule has 0 bridgehead atoms. The van der Waals surface area contributed by atoms with Crippen molar-refractivity contribution in [1.29, 1.82) is 0 Å². The zero-order chi connectivity index (χ0) is 29.6. The van der Waals surface area contributed by atoms with E-state index in [-0.39, 0.29) is 23.1 Å². The number of pyridine rings is 1. The fraction of sp³-hybridized carbons (Fsp3) is 0.548. The van der Waals surface area contributed by atoms with E-state index >= 15 is 0 Å². The van der Waals surface area contributed by atoms with E-state index < -0.39 is 24.2 Å². The molecular formula is C31H44N4O5. The monoisotopic (exact) mass is 552 g/mol. The van der Waals surface area contributed by atoms with Gasteiger partial charge in [0.1, 0.15) is 18.2 Å². The quantitative estimate of drug-likeness (QED) is 0.375. The van der Waals surface area contributed by atoms with E-state index in [1.54, 1.807) is 6.92 Å². The van der Waals surface area contributed by atoms with E-state index in [0.29, 0.717) is 31.9 Å². The van der Waals surface area contributed by atoms with Crippen LogP contribution in [0.25, 0.3) is 16.8 Å². The van der Waals surface area contributed by atoms with Crippen molar-refractivity contribution in [3.05, 3.63) is 47.8 Å². The number of carbonyl (C=O) groups excluding carboxylic acids is 2. The average molecular weight is 553 g/mol. The molecule has 3 rings (SSSR count). The second kappa shape index (κ2) is 13.4. The summed E-state index contributed by atoms with van der Waals surface area (Å²) in [5.74, 6) is -1.43. The first kappa shape index (κ1) is 31.2. The molecule has 0 saturated carbocycles. The van der Waals surface area contributed by atoms with Crippen molar-refractivity contribution in [2.75, 3.05) is 13.2 Å². The van der Waals surface area contributed by atoms with Gasteiger partial charge >= 0.3 is 5.97 Å². The number of rotatable bonds is 11. The van der Waals surface area contributed by atoms with E-state index in [4.69, 9.17) is 4.74 Å². The van der Waals surface area contributed by atoms with E-state index in [9.17, 15) is 19.5 Å². The summed E-state index contributed by atoms with van der Waals surface area (Å²) >= 11 is 0. The summed E-state index contributed by atoms with van der Waals surface area (Å²) in [5, 5.41) is 15.5. The summed E-state index contributed by atoms with van der Waals surface area (Å²) in [6, 6.07) is 6.88. The number of hydrogen-bond donors (Lipinski definition) is 3. The smallest absolute Gasteiger partial charge is 0.322 e. The molecule has 1 aromatic carbocycles. The third-order valence-electron chi connectivity index (χ3n) is 7.12. The number of aliphatic carboxylic acids is 1. The van der Waals surface area contributed by atoms with Crippen LogP contribution >= 0.6 is 0 Å². The summed E-state index contributed by atoms with van der Waals surface area (Å²) in [4.78, 5) is 41.8. The molecule has 1 aromatic heterocycles. The average Bonchev–Trinajstić information content (AvgIpc) is 2.90. The Balaban J connectivity index is 1.60. The number of carboxylic acids is 1. The Bertz CT molecular complexity index is 1240. The lowest BCUT2D eigenvalue weighted by Gasteiger charge is -2.34. The number of hydrogen-bond acceptors (Lipinski definition) is 6. The number of hydrazine groups is 1.